The number of nitrogens with one attached hydrogen (secondary N) is 2. The van der Waals surface area contributed by atoms with Crippen LogP contribution < -0.4 is 10.9 Å². The van der Waals surface area contributed by atoms with Gasteiger partial charge < -0.3 is 0 Å². The second kappa shape index (κ2) is 6.71. The van der Waals surface area contributed by atoms with E-state index in [0.717, 1.165) is 18.2 Å². The van der Waals surface area contributed by atoms with Gasteiger partial charge in [-0.15, -0.1) is 0 Å². The number of hydrogen-bond acceptors (Lipinski definition) is 6. The Kier molecular flexibility index (Phi) is 4.72. The molecule has 0 aliphatic carbocycles. The largest absolute Gasteiger partial charge is 0.300 e. The van der Waals surface area contributed by atoms with Gasteiger partial charge in [0, 0.05) is 16.7 Å². The van der Waals surface area contributed by atoms with Crippen LogP contribution in [0, 0.1) is 20.2 Å². The summed E-state index contributed by atoms with van der Waals surface area (Å²) >= 11 is 5.71. The van der Waals surface area contributed by atoms with Gasteiger partial charge in [0.15, 0.2) is 0 Å². The van der Waals surface area contributed by atoms with E-state index in [0.29, 0.717) is 5.02 Å². The van der Waals surface area contributed by atoms with Crippen LogP contribution in [0.5, 0.6) is 0 Å². The summed E-state index contributed by atoms with van der Waals surface area (Å²) in [5.41, 5.74) is 3.90. The Labute approximate surface area is 134 Å². The third-order valence-electron chi connectivity index (χ3n) is 2.81. The highest BCUT2D eigenvalue weighted by atomic mass is 35.5. The van der Waals surface area contributed by atoms with Gasteiger partial charge in [-0.25, -0.2) is 0 Å². The van der Waals surface area contributed by atoms with Gasteiger partial charge in [0.05, 0.1) is 15.9 Å². The molecule has 10 heteroatoms. The monoisotopic (exact) mass is 336 g/mol. The van der Waals surface area contributed by atoms with Crippen molar-refractivity contribution in [3.05, 3.63) is 73.3 Å². The van der Waals surface area contributed by atoms with Crippen LogP contribution in [0.4, 0.5) is 17.1 Å². The number of hydrazine groups is 1. The summed E-state index contributed by atoms with van der Waals surface area (Å²) in [4.78, 5) is 32.0. The fourth-order valence-electron chi connectivity index (χ4n) is 1.69. The Morgan fingerprint density at radius 3 is 2.22 bits per heavy atom. The molecular weight excluding hydrogens is 328 g/mol. The molecule has 0 atom stereocenters. The molecule has 2 N–H and O–H groups in total. The molecule has 0 fully saturated rings. The van der Waals surface area contributed by atoms with E-state index in [1.807, 2.05) is 0 Å². The molecule has 2 aromatic carbocycles. The van der Waals surface area contributed by atoms with Crippen LogP contribution in [0.2, 0.25) is 5.02 Å². The normalized spacial score (nSPS) is 9.96. The number of nitro benzene ring substituents is 2. The number of non-ortho nitro benzene ring substituents is 1. The average molecular weight is 337 g/mol. The van der Waals surface area contributed by atoms with E-state index in [1.165, 1.54) is 24.3 Å². The van der Waals surface area contributed by atoms with Gasteiger partial charge in [0.1, 0.15) is 5.69 Å². The smallest absolute Gasteiger partial charge is 0.292 e. The van der Waals surface area contributed by atoms with E-state index >= 15 is 0 Å². The lowest BCUT2D eigenvalue weighted by Gasteiger charge is -2.09. The van der Waals surface area contributed by atoms with Crippen LogP contribution in [-0.2, 0) is 0 Å². The number of rotatable bonds is 5. The van der Waals surface area contributed by atoms with Gasteiger partial charge in [-0.3, -0.25) is 35.9 Å². The fraction of sp³-hybridized carbons (Fsp3) is 0. The van der Waals surface area contributed by atoms with Gasteiger partial charge >= 0.3 is 5.69 Å². The third-order valence-corrected chi connectivity index (χ3v) is 3.06. The Bertz CT molecular complexity index is 778. The highest BCUT2D eigenvalue weighted by Crippen LogP contribution is 2.28. The maximum absolute atomic E-state index is 11.9. The summed E-state index contributed by atoms with van der Waals surface area (Å²) in [6.45, 7) is 0. The maximum atomic E-state index is 11.9. The Morgan fingerprint density at radius 2 is 1.65 bits per heavy atom. The number of benzene rings is 2. The molecule has 118 valence electrons. The standard InChI is InChI=1S/C13H9ClN4O5/c14-9-3-1-8(2-4-9)13(19)16-15-11-6-5-10(17(20)21)7-12(11)18(22)23/h1-7,15H,(H,16,19). The van der Waals surface area contributed by atoms with Crippen molar-refractivity contribution in [2.24, 2.45) is 0 Å². The van der Waals surface area contributed by atoms with Gasteiger partial charge in [-0.05, 0) is 30.3 Å². The van der Waals surface area contributed by atoms with Crippen molar-refractivity contribution in [2.75, 3.05) is 5.43 Å². The highest BCUT2D eigenvalue weighted by Gasteiger charge is 2.19. The Morgan fingerprint density at radius 1 is 1.00 bits per heavy atom. The minimum atomic E-state index is -0.788. The second-order valence-electron chi connectivity index (χ2n) is 4.30. The average Bonchev–Trinajstić information content (AvgIpc) is 2.52. The summed E-state index contributed by atoms with van der Waals surface area (Å²) in [5, 5.41) is 22.1. The number of halogens is 1. The Hall–Kier alpha value is -3.20. The first kappa shape index (κ1) is 16.2. The SMILES string of the molecule is O=C(NNc1ccc([N+](=O)[O-])cc1[N+](=O)[O-])c1ccc(Cl)cc1. The minimum absolute atomic E-state index is 0.0806. The van der Waals surface area contributed by atoms with E-state index in [4.69, 9.17) is 11.6 Å². The lowest BCUT2D eigenvalue weighted by atomic mass is 10.2. The van der Waals surface area contributed by atoms with Gasteiger partial charge in [-0.2, -0.15) is 0 Å². The lowest BCUT2D eigenvalue weighted by molar-refractivity contribution is -0.393. The molecular formula is C13H9ClN4O5. The molecule has 0 unspecified atom stereocenters. The van der Waals surface area contributed by atoms with Crippen LogP contribution in [0.15, 0.2) is 42.5 Å². The Balaban J connectivity index is 2.16. The molecule has 0 aliphatic rings. The van der Waals surface area contributed by atoms with E-state index in [2.05, 4.69) is 10.9 Å². The number of hydrogen-bond donors (Lipinski definition) is 2. The zero-order chi connectivity index (χ0) is 17.0. The van der Waals surface area contributed by atoms with Crippen molar-refractivity contribution in [2.45, 2.75) is 0 Å². The maximum Gasteiger partial charge on any atom is 0.300 e. The van der Waals surface area contributed by atoms with Crippen molar-refractivity contribution in [1.82, 2.24) is 5.43 Å². The van der Waals surface area contributed by atoms with Crippen LogP contribution in [0.25, 0.3) is 0 Å². The number of nitro groups is 2. The summed E-state index contributed by atoms with van der Waals surface area (Å²) < 4.78 is 0. The van der Waals surface area contributed by atoms with Crippen molar-refractivity contribution < 1.29 is 14.6 Å². The molecule has 0 spiro atoms. The molecule has 0 radical (unpaired) electrons. The predicted molar refractivity (Wildman–Crippen MR) is 82.3 cm³/mol. The van der Waals surface area contributed by atoms with Crippen molar-refractivity contribution >= 4 is 34.6 Å². The lowest BCUT2D eigenvalue weighted by Crippen LogP contribution is -2.29. The fourth-order valence-corrected chi connectivity index (χ4v) is 1.81. The minimum Gasteiger partial charge on any atom is -0.292 e. The van der Waals surface area contributed by atoms with Gasteiger partial charge in [0.2, 0.25) is 0 Å². The third kappa shape index (κ3) is 3.92. The summed E-state index contributed by atoms with van der Waals surface area (Å²) in [6, 6.07) is 9.02. The summed E-state index contributed by atoms with van der Waals surface area (Å²) in [6.07, 6.45) is 0. The molecule has 23 heavy (non-hydrogen) atoms. The summed E-state index contributed by atoms with van der Waals surface area (Å²) in [5.74, 6) is -0.547. The molecule has 1 amide bonds. The quantitative estimate of drug-likeness (QED) is 0.638. The molecule has 9 nitrogen and oxygen atoms in total. The zero-order valence-electron chi connectivity index (χ0n) is 11.4. The van der Waals surface area contributed by atoms with Crippen LogP contribution in [0.1, 0.15) is 10.4 Å². The van der Waals surface area contributed by atoms with Crippen LogP contribution in [0.3, 0.4) is 0 Å². The van der Waals surface area contributed by atoms with Gasteiger partial charge in [-0.1, -0.05) is 11.6 Å². The highest BCUT2D eigenvalue weighted by molar-refractivity contribution is 6.30. The topological polar surface area (TPSA) is 127 Å². The number of amides is 1. The first-order chi connectivity index (χ1) is 10.9. The van der Waals surface area contributed by atoms with Crippen molar-refractivity contribution in [1.29, 1.82) is 0 Å². The van der Waals surface area contributed by atoms with Crippen LogP contribution in [-0.4, -0.2) is 15.8 Å². The van der Waals surface area contributed by atoms with Gasteiger partial charge in [0.25, 0.3) is 11.6 Å². The second-order valence-corrected chi connectivity index (χ2v) is 4.74. The van der Waals surface area contributed by atoms with Crippen molar-refractivity contribution in [3.8, 4) is 0 Å². The van der Waals surface area contributed by atoms with Crippen molar-refractivity contribution in [3.63, 3.8) is 0 Å². The predicted octanol–water partition coefficient (Wildman–Crippen LogP) is 2.91. The van der Waals surface area contributed by atoms with E-state index in [9.17, 15) is 25.0 Å². The molecule has 0 bridgehead atoms. The number of carbonyl (C=O) groups is 1. The summed E-state index contributed by atoms with van der Waals surface area (Å²) in [7, 11) is 0. The number of carbonyl (C=O) groups excluding carboxylic acids is 1. The van der Waals surface area contributed by atoms with Crippen LogP contribution >= 0.6 is 11.6 Å². The zero-order valence-corrected chi connectivity index (χ0v) is 12.1. The number of nitrogens with zero attached hydrogens (tertiary/aromatic N) is 2. The molecule has 0 saturated heterocycles. The van der Waals surface area contributed by atoms with E-state index in [1.54, 1.807) is 0 Å². The van der Waals surface area contributed by atoms with E-state index < -0.39 is 27.1 Å². The first-order valence-corrected chi connectivity index (χ1v) is 6.51. The first-order valence-electron chi connectivity index (χ1n) is 6.13. The number of anilines is 1. The molecule has 2 rings (SSSR count). The molecule has 0 aromatic heterocycles. The molecule has 0 aliphatic heterocycles. The molecule has 2 aromatic rings. The molecule has 0 saturated carbocycles. The van der Waals surface area contributed by atoms with E-state index in [-0.39, 0.29) is 11.3 Å². The molecule has 0 heterocycles.